The van der Waals surface area contributed by atoms with Crippen molar-refractivity contribution in [3.63, 3.8) is 0 Å². The van der Waals surface area contributed by atoms with Crippen LogP contribution in [-0.4, -0.2) is 30.7 Å². The Hall–Kier alpha value is -2.65. The number of hydrogen-bond donors (Lipinski definition) is 2. The number of carboxylic acids is 1. The molecule has 0 atom stereocenters. The number of ether oxygens (including phenoxy) is 1. The van der Waals surface area contributed by atoms with Gasteiger partial charge >= 0.3 is 5.97 Å². The summed E-state index contributed by atoms with van der Waals surface area (Å²) in [6.07, 6.45) is 0. The molecule has 0 radical (unpaired) electrons. The van der Waals surface area contributed by atoms with Gasteiger partial charge in [-0.1, -0.05) is 6.07 Å². The van der Waals surface area contributed by atoms with Crippen LogP contribution in [0.25, 0.3) is 0 Å². The first kappa shape index (κ1) is 18.7. The molecular weight excluding hydrogens is 348 g/mol. The van der Waals surface area contributed by atoms with Gasteiger partial charge in [0.15, 0.2) is 6.61 Å². The quantitative estimate of drug-likeness (QED) is 0.743. The molecule has 1 aromatic carbocycles. The largest absolute Gasteiger partial charge is 0.482 e. The van der Waals surface area contributed by atoms with Crippen molar-refractivity contribution < 1.29 is 23.1 Å². The van der Waals surface area contributed by atoms with Crippen LogP contribution in [0.3, 0.4) is 0 Å². The standard InChI is InChI=1S/C16H18N2O6S/c1-11-3-4-12(16(21)18(11)2)9-17-25(22,23)14-7-5-13(6-8-14)24-10-15(19)20/h3-8,17H,9-10H2,1-2H3,(H,19,20). The van der Waals surface area contributed by atoms with E-state index in [-0.39, 0.29) is 22.7 Å². The van der Waals surface area contributed by atoms with E-state index in [1.165, 1.54) is 28.8 Å². The van der Waals surface area contributed by atoms with Gasteiger partial charge in [0.2, 0.25) is 10.0 Å². The molecule has 8 nitrogen and oxygen atoms in total. The van der Waals surface area contributed by atoms with Gasteiger partial charge in [0, 0.05) is 24.8 Å². The van der Waals surface area contributed by atoms with Crippen LogP contribution in [0.5, 0.6) is 5.75 Å². The maximum absolute atomic E-state index is 12.3. The Kier molecular flexibility index (Phi) is 5.60. The summed E-state index contributed by atoms with van der Waals surface area (Å²) in [6.45, 7) is 1.14. The molecule has 0 unspecified atom stereocenters. The Balaban J connectivity index is 2.10. The van der Waals surface area contributed by atoms with Crippen LogP contribution in [0.15, 0.2) is 46.1 Å². The van der Waals surface area contributed by atoms with Gasteiger partial charge in [0.05, 0.1) is 4.90 Å². The maximum Gasteiger partial charge on any atom is 0.341 e. The highest BCUT2D eigenvalue weighted by Crippen LogP contribution is 2.16. The second-order valence-electron chi connectivity index (χ2n) is 5.34. The molecule has 0 bridgehead atoms. The zero-order chi connectivity index (χ0) is 18.6. The number of nitrogens with zero attached hydrogens (tertiary/aromatic N) is 1. The minimum Gasteiger partial charge on any atom is -0.482 e. The summed E-state index contributed by atoms with van der Waals surface area (Å²) >= 11 is 0. The van der Waals surface area contributed by atoms with Gasteiger partial charge in [-0.25, -0.2) is 17.9 Å². The SMILES string of the molecule is Cc1ccc(CNS(=O)(=O)c2ccc(OCC(=O)O)cc2)c(=O)n1C. The molecule has 134 valence electrons. The van der Waals surface area contributed by atoms with E-state index in [2.05, 4.69) is 4.72 Å². The molecule has 0 fully saturated rings. The van der Waals surface area contributed by atoms with E-state index in [1.54, 1.807) is 26.1 Å². The lowest BCUT2D eigenvalue weighted by Gasteiger charge is -2.10. The van der Waals surface area contributed by atoms with Gasteiger partial charge in [-0.05, 0) is 37.3 Å². The molecule has 0 saturated heterocycles. The predicted octanol–water partition coefficient (Wildman–Crippen LogP) is 0.636. The number of carboxylic acid groups (broad SMARTS) is 1. The molecular formula is C16H18N2O6S. The van der Waals surface area contributed by atoms with Crippen molar-refractivity contribution in [3.8, 4) is 5.75 Å². The van der Waals surface area contributed by atoms with E-state index in [4.69, 9.17) is 9.84 Å². The van der Waals surface area contributed by atoms with Crippen LogP contribution < -0.4 is 15.0 Å². The summed E-state index contributed by atoms with van der Waals surface area (Å²) in [7, 11) is -2.20. The highest BCUT2D eigenvalue weighted by atomic mass is 32.2. The molecule has 2 rings (SSSR count). The molecule has 0 saturated carbocycles. The van der Waals surface area contributed by atoms with E-state index in [0.717, 1.165) is 5.69 Å². The van der Waals surface area contributed by atoms with Crippen molar-refractivity contribution in [2.24, 2.45) is 7.05 Å². The first-order valence-corrected chi connectivity index (χ1v) is 8.79. The van der Waals surface area contributed by atoms with Gasteiger partial charge in [0.25, 0.3) is 5.56 Å². The minimum absolute atomic E-state index is 0.0147. The molecule has 0 aliphatic heterocycles. The lowest BCUT2D eigenvalue weighted by Crippen LogP contribution is -2.29. The number of pyridine rings is 1. The summed E-state index contributed by atoms with van der Waals surface area (Å²) in [5.41, 5.74) is 0.840. The summed E-state index contributed by atoms with van der Waals surface area (Å²) < 4.78 is 33.3. The number of rotatable bonds is 7. The maximum atomic E-state index is 12.3. The number of aryl methyl sites for hydroxylation is 1. The average Bonchev–Trinajstić information content (AvgIpc) is 2.57. The summed E-state index contributed by atoms with van der Waals surface area (Å²) in [4.78, 5) is 22.5. The molecule has 9 heteroatoms. The molecule has 0 spiro atoms. The Bertz CT molecular complexity index is 932. The lowest BCUT2D eigenvalue weighted by molar-refractivity contribution is -0.139. The number of carbonyl (C=O) groups is 1. The fourth-order valence-corrected chi connectivity index (χ4v) is 3.04. The van der Waals surface area contributed by atoms with Crippen molar-refractivity contribution in [3.05, 3.63) is 58.0 Å². The fraction of sp³-hybridized carbons (Fsp3) is 0.250. The molecule has 1 heterocycles. The van der Waals surface area contributed by atoms with Crippen molar-refractivity contribution in [2.45, 2.75) is 18.4 Å². The third-order valence-electron chi connectivity index (χ3n) is 3.58. The minimum atomic E-state index is -3.82. The van der Waals surface area contributed by atoms with Gasteiger partial charge in [-0.3, -0.25) is 4.79 Å². The Morgan fingerprint density at radius 1 is 1.20 bits per heavy atom. The zero-order valence-electron chi connectivity index (χ0n) is 13.7. The Labute approximate surface area is 144 Å². The molecule has 0 aliphatic carbocycles. The molecule has 0 amide bonds. The van der Waals surface area contributed by atoms with Crippen LogP contribution in [0, 0.1) is 6.92 Å². The first-order valence-electron chi connectivity index (χ1n) is 7.30. The van der Waals surface area contributed by atoms with Crippen LogP contribution in [0.2, 0.25) is 0 Å². The monoisotopic (exact) mass is 366 g/mol. The second kappa shape index (κ2) is 7.49. The van der Waals surface area contributed by atoms with Gasteiger partial charge in [-0.2, -0.15) is 0 Å². The van der Waals surface area contributed by atoms with Crippen molar-refractivity contribution in [1.29, 1.82) is 0 Å². The third kappa shape index (κ3) is 4.68. The molecule has 2 N–H and O–H groups in total. The first-order chi connectivity index (χ1) is 11.7. The molecule has 1 aromatic heterocycles. The van der Waals surface area contributed by atoms with Crippen LogP contribution in [0.4, 0.5) is 0 Å². The summed E-state index contributed by atoms with van der Waals surface area (Å²) in [5, 5.41) is 8.54. The van der Waals surface area contributed by atoms with E-state index in [0.29, 0.717) is 5.56 Å². The molecule has 2 aromatic rings. The highest BCUT2D eigenvalue weighted by molar-refractivity contribution is 7.89. The average molecular weight is 366 g/mol. The van der Waals surface area contributed by atoms with Crippen molar-refractivity contribution in [1.82, 2.24) is 9.29 Å². The van der Waals surface area contributed by atoms with Crippen LogP contribution in [-0.2, 0) is 28.4 Å². The van der Waals surface area contributed by atoms with E-state index >= 15 is 0 Å². The second-order valence-corrected chi connectivity index (χ2v) is 7.11. The predicted molar refractivity (Wildman–Crippen MR) is 90.0 cm³/mol. The number of hydrogen-bond acceptors (Lipinski definition) is 5. The van der Waals surface area contributed by atoms with Gasteiger partial charge in [-0.15, -0.1) is 0 Å². The van der Waals surface area contributed by atoms with Crippen molar-refractivity contribution in [2.75, 3.05) is 6.61 Å². The number of nitrogens with one attached hydrogen (secondary N) is 1. The number of sulfonamides is 1. The normalized spacial score (nSPS) is 11.3. The van der Waals surface area contributed by atoms with E-state index in [1.807, 2.05) is 0 Å². The summed E-state index contributed by atoms with van der Waals surface area (Å²) in [6, 6.07) is 8.65. The van der Waals surface area contributed by atoms with Crippen LogP contribution in [0.1, 0.15) is 11.3 Å². The summed E-state index contributed by atoms with van der Waals surface area (Å²) in [5.74, 6) is -0.883. The van der Waals surface area contributed by atoms with E-state index in [9.17, 15) is 18.0 Å². The third-order valence-corrected chi connectivity index (χ3v) is 5.00. The van der Waals surface area contributed by atoms with E-state index < -0.39 is 22.6 Å². The fourth-order valence-electron chi connectivity index (χ4n) is 2.03. The smallest absolute Gasteiger partial charge is 0.341 e. The number of aromatic nitrogens is 1. The van der Waals surface area contributed by atoms with Crippen molar-refractivity contribution >= 4 is 16.0 Å². The Morgan fingerprint density at radius 3 is 2.44 bits per heavy atom. The molecule has 25 heavy (non-hydrogen) atoms. The highest BCUT2D eigenvalue weighted by Gasteiger charge is 2.15. The Morgan fingerprint density at radius 2 is 1.84 bits per heavy atom. The lowest BCUT2D eigenvalue weighted by atomic mass is 10.2. The van der Waals surface area contributed by atoms with Gasteiger partial charge < -0.3 is 14.4 Å². The van der Waals surface area contributed by atoms with Crippen LogP contribution >= 0.6 is 0 Å². The van der Waals surface area contributed by atoms with Gasteiger partial charge in [0.1, 0.15) is 5.75 Å². The molecule has 0 aliphatic rings. The topological polar surface area (TPSA) is 115 Å². The number of benzene rings is 1. The zero-order valence-corrected chi connectivity index (χ0v) is 14.5. The number of aliphatic carboxylic acids is 1.